The molecule has 21 heavy (non-hydrogen) atoms. The summed E-state index contributed by atoms with van der Waals surface area (Å²) in [6, 6.07) is 0. The van der Waals surface area contributed by atoms with Gasteiger partial charge in [0.1, 0.15) is 12.7 Å². The molecule has 0 saturated carbocycles. The summed E-state index contributed by atoms with van der Waals surface area (Å²) in [6.45, 7) is 6.61. The lowest BCUT2D eigenvalue weighted by Gasteiger charge is -2.29. The van der Waals surface area contributed by atoms with E-state index in [0.717, 1.165) is 0 Å². The quantitative estimate of drug-likeness (QED) is 0.621. The number of aromatic nitrogens is 2. The highest BCUT2D eigenvalue weighted by molar-refractivity contribution is 5.85. The summed E-state index contributed by atoms with van der Waals surface area (Å²) in [5, 5.41) is 10.6. The van der Waals surface area contributed by atoms with Gasteiger partial charge in [0, 0.05) is 20.5 Å². The second-order valence-corrected chi connectivity index (χ2v) is 5.65. The van der Waals surface area contributed by atoms with E-state index in [1.54, 1.807) is 18.9 Å². The lowest BCUT2D eigenvalue weighted by molar-refractivity contribution is -0.389. The van der Waals surface area contributed by atoms with Crippen molar-refractivity contribution in [2.24, 2.45) is 11.1 Å². The monoisotopic (exact) mass is 319 g/mol. The summed E-state index contributed by atoms with van der Waals surface area (Å²) in [5.74, 6) is 0.0544. The third-order valence-electron chi connectivity index (χ3n) is 3.10. The van der Waals surface area contributed by atoms with E-state index in [4.69, 9.17) is 5.73 Å². The van der Waals surface area contributed by atoms with E-state index in [2.05, 4.69) is 4.98 Å². The van der Waals surface area contributed by atoms with Crippen LogP contribution in [-0.2, 0) is 11.3 Å². The molecular weight excluding hydrogens is 298 g/mol. The molecule has 1 amide bonds. The predicted octanol–water partition coefficient (Wildman–Crippen LogP) is 0.965. The van der Waals surface area contributed by atoms with Gasteiger partial charge in [0.2, 0.25) is 11.7 Å². The number of imidazole rings is 1. The highest BCUT2D eigenvalue weighted by atomic mass is 35.5. The van der Waals surface area contributed by atoms with Crippen molar-refractivity contribution in [3.63, 3.8) is 0 Å². The minimum Gasteiger partial charge on any atom is -0.358 e. The molecule has 0 atom stereocenters. The van der Waals surface area contributed by atoms with Gasteiger partial charge in [-0.15, -0.1) is 12.4 Å². The Morgan fingerprint density at radius 1 is 1.57 bits per heavy atom. The fraction of sp³-hybridized carbons (Fsp3) is 0.667. The van der Waals surface area contributed by atoms with Gasteiger partial charge in [0.15, 0.2) is 0 Å². The number of carbonyl (C=O) groups is 1. The Kier molecular flexibility index (Phi) is 6.78. The van der Waals surface area contributed by atoms with Gasteiger partial charge in [-0.05, 0) is 21.9 Å². The molecule has 1 rings (SSSR count). The summed E-state index contributed by atoms with van der Waals surface area (Å²) >= 11 is 0. The lowest BCUT2D eigenvalue weighted by Crippen LogP contribution is -2.41. The average molecular weight is 320 g/mol. The van der Waals surface area contributed by atoms with Crippen LogP contribution < -0.4 is 5.73 Å². The number of nitro groups is 1. The molecule has 8 nitrogen and oxygen atoms in total. The molecule has 0 spiro atoms. The topological polar surface area (TPSA) is 107 Å². The molecule has 0 fully saturated rings. The molecule has 1 heterocycles. The van der Waals surface area contributed by atoms with Crippen molar-refractivity contribution in [1.82, 2.24) is 14.5 Å². The number of halogens is 1. The van der Waals surface area contributed by atoms with Gasteiger partial charge >= 0.3 is 5.82 Å². The Morgan fingerprint density at radius 3 is 2.57 bits per heavy atom. The SMILES string of the molecule is Cc1nc([N+](=O)[O-])cn1CC(=O)N(C)CC(C)(C)CN.Cl. The van der Waals surface area contributed by atoms with Crippen molar-refractivity contribution in [1.29, 1.82) is 0 Å². The zero-order chi connectivity index (χ0) is 15.5. The van der Waals surface area contributed by atoms with Crippen LogP contribution in [-0.4, -0.2) is 45.4 Å². The van der Waals surface area contributed by atoms with Gasteiger partial charge in [-0.1, -0.05) is 13.8 Å². The Balaban J connectivity index is 0.00000400. The molecule has 1 aromatic heterocycles. The third kappa shape index (κ3) is 5.31. The zero-order valence-electron chi connectivity index (χ0n) is 12.7. The summed E-state index contributed by atoms with van der Waals surface area (Å²) < 4.78 is 1.48. The van der Waals surface area contributed by atoms with Crippen LogP contribution in [0.5, 0.6) is 0 Å². The van der Waals surface area contributed by atoms with E-state index in [0.29, 0.717) is 18.9 Å². The van der Waals surface area contributed by atoms with Crippen LogP contribution >= 0.6 is 12.4 Å². The Bertz CT molecular complexity index is 515. The smallest absolute Gasteiger partial charge is 0.358 e. The van der Waals surface area contributed by atoms with Crippen molar-refractivity contribution >= 4 is 24.1 Å². The fourth-order valence-corrected chi connectivity index (χ4v) is 1.80. The van der Waals surface area contributed by atoms with Crippen molar-refractivity contribution in [3.8, 4) is 0 Å². The van der Waals surface area contributed by atoms with Gasteiger partial charge in [0.05, 0.1) is 0 Å². The molecule has 1 aromatic rings. The summed E-state index contributed by atoms with van der Waals surface area (Å²) in [7, 11) is 1.69. The number of aryl methyl sites for hydroxylation is 1. The number of carbonyl (C=O) groups excluding carboxylic acids is 1. The molecule has 0 radical (unpaired) electrons. The molecule has 0 aromatic carbocycles. The first kappa shape index (κ1) is 19.3. The zero-order valence-corrected chi connectivity index (χ0v) is 13.5. The number of nitrogens with two attached hydrogens (primary N) is 1. The number of nitrogens with zero attached hydrogens (tertiary/aromatic N) is 4. The van der Waals surface area contributed by atoms with E-state index >= 15 is 0 Å². The maximum atomic E-state index is 12.1. The van der Waals surface area contributed by atoms with Crippen LogP contribution in [0.1, 0.15) is 19.7 Å². The molecule has 0 saturated heterocycles. The van der Waals surface area contributed by atoms with Gasteiger partial charge in [-0.2, -0.15) is 0 Å². The highest BCUT2D eigenvalue weighted by Crippen LogP contribution is 2.15. The van der Waals surface area contributed by atoms with E-state index in [-0.39, 0.29) is 36.1 Å². The third-order valence-corrected chi connectivity index (χ3v) is 3.10. The Labute approximate surface area is 129 Å². The highest BCUT2D eigenvalue weighted by Gasteiger charge is 2.23. The van der Waals surface area contributed by atoms with Crippen molar-refractivity contribution < 1.29 is 9.72 Å². The van der Waals surface area contributed by atoms with Crippen LogP contribution in [0.3, 0.4) is 0 Å². The minimum absolute atomic E-state index is 0. The molecule has 0 aliphatic carbocycles. The molecular formula is C12H22ClN5O3. The second-order valence-electron chi connectivity index (χ2n) is 5.65. The average Bonchev–Trinajstić information content (AvgIpc) is 2.70. The van der Waals surface area contributed by atoms with E-state index in [1.165, 1.54) is 10.8 Å². The van der Waals surface area contributed by atoms with Crippen molar-refractivity contribution in [3.05, 3.63) is 22.1 Å². The summed E-state index contributed by atoms with van der Waals surface area (Å²) in [4.78, 5) is 27.5. The second kappa shape index (κ2) is 7.37. The number of hydrogen-bond donors (Lipinski definition) is 1. The summed E-state index contributed by atoms with van der Waals surface area (Å²) in [6.07, 6.45) is 1.27. The van der Waals surface area contributed by atoms with Crippen molar-refractivity contribution in [2.45, 2.75) is 27.3 Å². The largest absolute Gasteiger partial charge is 0.381 e. The van der Waals surface area contributed by atoms with Crippen LogP contribution in [0, 0.1) is 22.5 Å². The van der Waals surface area contributed by atoms with E-state index in [9.17, 15) is 14.9 Å². The number of amides is 1. The van der Waals surface area contributed by atoms with E-state index in [1.807, 2.05) is 13.8 Å². The summed E-state index contributed by atoms with van der Waals surface area (Å²) in [5.41, 5.74) is 5.47. The number of hydrogen-bond acceptors (Lipinski definition) is 5. The van der Waals surface area contributed by atoms with Gasteiger partial charge in [0.25, 0.3) is 0 Å². The molecule has 9 heteroatoms. The molecule has 0 unspecified atom stereocenters. The first-order chi connectivity index (χ1) is 9.16. The van der Waals surface area contributed by atoms with Gasteiger partial charge < -0.3 is 20.7 Å². The molecule has 0 aliphatic heterocycles. The standard InChI is InChI=1S/C12H21N5O3.ClH/c1-9-14-10(17(19)20)5-16(9)6-11(18)15(4)8-12(2,3)7-13;/h5H,6-8,13H2,1-4H3;1H. The lowest BCUT2D eigenvalue weighted by atomic mass is 9.93. The van der Waals surface area contributed by atoms with Crippen molar-refractivity contribution in [2.75, 3.05) is 20.1 Å². The Hall–Kier alpha value is -1.67. The molecule has 120 valence electrons. The van der Waals surface area contributed by atoms with Gasteiger partial charge in [-0.3, -0.25) is 9.36 Å². The van der Waals surface area contributed by atoms with Crippen LogP contribution in [0.15, 0.2) is 6.20 Å². The fourth-order valence-electron chi connectivity index (χ4n) is 1.80. The first-order valence-electron chi connectivity index (χ1n) is 6.28. The molecule has 2 N–H and O–H groups in total. The number of likely N-dealkylation sites (N-methyl/N-ethyl adjacent to an activating group) is 1. The minimum atomic E-state index is -0.574. The maximum absolute atomic E-state index is 12.1. The Morgan fingerprint density at radius 2 is 2.14 bits per heavy atom. The predicted molar refractivity (Wildman–Crippen MR) is 81.3 cm³/mol. The van der Waals surface area contributed by atoms with Crippen LogP contribution in [0.25, 0.3) is 0 Å². The van der Waals surface area contributed by atoms with Crippen LogP contribution in [0.4, 0.5) is 5.82 Å². The normalized spacial score (nSPS) is 10.9. The molecule has 0 bridgehead atoms. The number of rotatable bonds is 6. The molecule has 0 aliphatic rings. The first-order valence-corrected chi connectivity index (χ1v) is 6.28. The maximum Gasteiger partial charge on any atom is 0.381 e. The van der Waals surface area contributed by atoms with Gasteiger partial charge in [-0.25, -0.2) is 0 Å². The van der Waals surface area contributed by atoms with Crippen LogP contribution in [0.2, 0.25) is 0 Å². The van der Waals surface area contributed by atoms with E-state index < -0.39 is 4.92 Å².